The van der Waals surface area contributed by atoms with Crippen molar-refractivity contribution < 1.29 is 19.4 Å². The number of aryl methyl sites for hydroxylation is 1. The van der Waals surface area contributed by atoms with Crippen LogP contribution in [-0.4, -0.2) is 45.8 Å². The van der Waals surface area contributed by atoms with E-state index in [2.05, 4.69) is 36.5 Å². The summed E-state index contributed by atoms with van der Waals surface area (Å²) in [5, 5.41) is 14.5. The third-order valence-electron chi connectivity index (χ3n) is 2.30. The molecule has 22 heavy (non-hydrogen) atoms. The van der Waals surface area contributed by atoms with E-state index in [0.717, 1.165) is 0 Å². The summed E-state index contributed by atoms with van der Waals surface area (Å²) in [6.45, 7) is 7.55. The highest BCUT2D eigenvalue weighted by Gasteiger charge is 2.17. The molecule has 8 nitrogen and oxygen atoms in total. The number of hydrogen-bond donors (Lipinski definition) is 3. The zero-order valence-electron chi connectivity index (χ0n) is 12.9. The quantitative estimate of drug-likeness (QED) is 0.676. The zero-order valence-corrected chi connectivity index (χ0v) is 14.4. The molecule has 0 aliphatic heterocycles. The largest absolute Gasteiger partial charge is 0.476 e. The van der Waals surface area contributed by atoms with Gasteiger partial charge in [-0.15, -0.1) is 0 Å². The van der Waals surface area contributed by atoms with Gasteiger partial charge >= 0.3 is 12.1 Å². The monoisotopic (exact) mass is 374 g/mol. The Morgan fingerprint density at radius 1 is 1.27 bits per heavy atom. The van der Waals surface area contributed by atoms with E-state index in [1.165, 1.54) is 0 Å². The number of anilines is 1. The summed E-state index contributed by atoms with van der Waals surface area (Å²) in [5.74, 6) is -1.03. The van der Waals surface area contributed by atoms with E-state index in [1.54, 1.807) is 27.7 Å². The molecule has 0 spiro atoms. The van der Waals surface area contributed by atoms with Gasteiger partial charge in [-0.3, -0.25) is 0 Å². The van der Waals surface area contributed by atoms with Gasteiger partial charge < -0.3 is 20.5 Å². The van der Waals surface area contributed by atoms with Crippen molar-refractivity contribution in [1.82, 2.24) is 15.3 Å². The Bertz CT molecular complexity index is 572. The highest BCUT2D eigenvalue weighted by molar-refractivity contribution is 9.10. The van der Waals surface area contributed by atoms with Crippen molar-refractivity contribution in [3.63, 3.8) is 0 Å². The number of nitrogens with zero attached hydrogens (tertiary/aromatic N) is 2. The van der Waals surface area contributed by atoms with Crippen molar-refractivity contribution in [3.05, 3.63) is 16.0 Å². The van der Waals surface area contributed by atoms with Crippen molar-refractivity contribution in [3.8, 4) is 0 Å². The van der Waals surface area contributed by atoms with Gasteiger partial charge in [-0.1, -0.05) is 0 Å². The lowest BCUT2D eigenvalue weighted by Crippen LogP contribution is -2.35. The highest BCUT2D eigenvalue weighted by Crippen LogP contribution is 2.17. The number of aromatic carboxylic acids is 1. The average Bonchev–Trinajstić information content (AvgIpc) is 2.35. The summed E-state index contributed by atoms with van der Waals surface area (Å²) < 4.78 is 5.46. The fraction of sp³-hybridized carbons (Fsp3) is 0.538. The lowest BCUT2D eigenvalue weighted by Gasteiger charge is -2.19. The molecular formula is C13H19BrN4O4. The number of carbonyl (C=O) groups excluding carboxylic acids is 1. The van der Waals surface area contributed by atoms with Crippen LogP contribution in [0.25, 0.3) is 0 Å². The molecule has 0 atom stereocenters. The summed E-state index contributed by atoms with van der Waals surface area (Å²) in [4.78, 5) is 30.6. The van der Waals surface area contributed by atoms with E-state index in [-0.39, 0.29) is 24.6 Å². The van der Waals surface area contributed by atoms with Crippen LogP contribution in [-0.2, 0) is 4.74 Å². The molecule has 0 aliphatic carbocycles. The molecule has 0 radical (unpaired) electrons. The first-order chi connectivity index (χ1) is 10.1. The van der Waals surface area contributed by atoms with Gasteiger partial charge in [0.1, 0.15) is 10.2 Å². The number of nitrogens with one attached hydrogen (secondary N) is 2. The zero-order chi connectivity index (χ0) is 16.9. The van der Waals surface area contributed by atoms with Crippen molar-refractivity contribution in [2.24, 2.45) is 0 Å². The molecule has 3 N–H and O–H groups in total. The number of carboxylic acids is 1. The molecular weight excluding hydrogens is 356 g/mol. The summed E-state index contributed by atoms with van der Waals surface area (Å²) in [7, 11) is 0. The second-order valence-electron chi connectivity index (χ2n) is 5.46. The van der Waals surface area contributed by atoms with E-state index in [1.807, 2.05) is 0 Å². The molecule has 1 amide bonds. The molecule has 0 saturated carbocycles. The maximum absolute atomic E-state index is 11.5. The summed E-state index contributed by atoms with van der Waals surface area (Å²) in [5.41, 5.74) is -0.190. The maximum atomic E-state index is 11.5. The number of alkyl carbamates (subject to hydrolysis) is 1. The van der Waals surface area contributed by atoms with Crippen molar-refractivity contribution in [2.75, 3.05) is 18.4 Å². The lowest BCUT2D eigenvalue weighted by molar-refractivity contribution is 0.0529. The molecule has 0 aliphatic rings. The topological polar surface area (TPSA) is 113 Å². The Morgan fingerprint density at radius 2 is 1.91 bits per heavy atom. The maximum Gasteiger partial charge on any atom is 0.407 e. The van der Waals surface area contributed by atoms with Gasteiger partial charge in [0, 0.05) is 13.1 Å². The Kier molecular flexibility index (Phi) is 6.10. The molecule has 122 valence electrons. The summed E-state index contributed by atoms with van der Waals surface area (Å²) in [6.07, 6.45) is -0.536. The van der Waals surface area contributed by atoms with Crippen LogP contribution in [0.4, 0.5) is 10.6 Å². The lowest BCUT2D eigenvalue weighted by atomic mass is 10.2. The van der Waals surface area contributed by atoms with Crippen LogP contribution in [0.2, 0.25) is 0 Å². The number of aromatic nitrogens is 2. The first-order valence-corrected chi connectivity index (χ1v) is 7.37. The molecule has 0 unspecified atom stereocenters. The Labute approximate surface area is 136 Å². The summed E-state index contributed by atoms with van der Waals surface area (Å²) in [6, 6.07) is 0. The van der Waals surface area contributed by atoms with Gasteiger partial charge in [0.2, 0.25) is 0 Å². The van der Waals surface area contributed by atoms with Gasteiger partial charge in [-0.05, 0) is 43.6 Å². The molecule has 9 heteroatoms. The standard InChI is InChI=1S/C13H19BrN4O4/c1-7-9(14)18-8(11(19)20)10(17-7)15-5-6-16-12(21)22-13(2,3)4/h5-6H2,1-4H3,(H,15,17)(H,16,21)(H,19,20). The van der Waals surface area contributed by atoms with E-state index in [9.17, 15) is 9.59 Å². The minimum absolute atomic E-state index is 0.152. The Hall–Kier alpha value is -1.90. The summed E-state index contributed by atoms with van der Waals surface area (Å²) >= 11 is 3.14. The van der Waals surface area contributed by atoms with E-state index in [4.69, 9.17) is 9.84 Å². The minimum Gasteiger partial charge on any atom is -0.476 e. The predicted molar refractivity (Wildman–Crippen MR) is 84.2 cm³/mol. The van der Waals surface area contributed by atoms with Gasteiger partial charge in [0.05, 0.1) is 5.69 Å². The smallest absolute Gasteiger partial charge is 0.407 e. The van der Waals surface area contributed by atoms with E-state index < -0.39 is 17.7 Å². The highest BCUT2D eigenvalue weighted by atomic mass is 79.9. The van der Waals surface area contributed by atoms with Crippen molar-refractivity contribution in [2.45, 2.75) is 33.3 Å². The second-order valence-corrected chi connectivity index (χ2v) is 6.21. The SMILES string of the molecule is Cc1nc(NCCNC(=O)OC(C)(C)C)c(C(=O)O)nc1Br. The van der Waals surface area contributed by atoms with E-state index >= 15 is 0 Å². The minimum atomic E-state index is -1.18. The van der Waals surface area contributed by atoms with Crippen molar-refractivity contribution >= 4 is 33.8 Å². The van der Waals surface area contributed by atoms with Crippen LogP contribution >= 0.6 is 15.9 Å². The third-order valence-corrected chi connectivity index (χ3v) is 3.05. The molecule has 1 aromatic rings. The van der Waals surface area contributed by atoms with Gasteiger partial charge in [0.25, 0.3) is 0 Å². The van der Waals surface area contributed by atoms with Gasteiger partial charge in [-0.2, -0.15) is 0 Å². The molecule has 1 rings (SSSR count). The first-order valence-electron chi connectivity index (χ1n) is 6.58. The predicted octanol–water partition coefficient (Wildman–Crippen LogP) is 2.18. The van der Waals surface area contributed by atoms with E-state index in [0.29, 0.717) is 10.3 Å². The number of rotatable bonds is 5. The first kappa shape index (κ1) is 18.1. The second kappa shape index (κ2) is 7.39. The number of carbonyl (C=O) groups is 2. The van der Waals surface area contributed by atoms with Crippen molar-refractivity contribution in [1.29, 1.82) is 0 Å². The fourth-order valence-electron chi connectivity index (χ4n) is 1.43. The fourth-order valence-corrected chi connectivity index (χ4v) is 1.70. The number of carboxylic acid groups (broad SMARTS) is 1. The molecule has 0 aromatic carbocycles. The number of amides is 1. The van der Waals surface area contributed by atoms with Gasteiger partial charge in [-0.25, -0.2) is 19.6 Å². The third kappa shape index (κ3) is 5.84. The Balaban J connectivity index is 2.57. The molecule has 1 heterocycles. The molecule has 0 bridgehead atoms. The van der Waals surface area contributed by atoms with Crippen LogP contribution in [0, 0.1) is 6.92 Å². The van der Waals surface area contributed by atoms with Crippen LogP contribution < -0.4 is 10.6 Å². The van der Waals surface area contributed by atoms with Crippen LogP contribution in [0.1, 0.15) is 37.0 Å². The average molecular weight is 375 g/mol. The molecule has 1 aromatic heterocycles. The van der Waals surface area contributed by atoms with Gasteiger partial charge in [0.15, 0.2) is 11.5 Å². The molecule has 0 saturated heterocycles. The molecule has 0 fully saturated rings. The number of ether oxygens (including phenoxy) is 1. The normalized spacial score (nSPS) is 11.0. The number of halogens is 1. The Morgan fingerprint density at radius 3 is 2.45 bits per heavy atom. The number of hydrogen-bond acceptors (Lipinski definition) is 6. The van der Waals surface area contributed by atoms with Crippen LogP contribution in [0.15, 0.2) is 4.60 Å². The van der Waals surface area contributed by atoms with Crippen LogP contribution in [0.3, 0.4) is 0 Å². The van der Waals surface area contributed by atoms with Crippen LogP contribution in [0.5, 0.6) is 0 Å².